The molecule has 6 nitrogen and oxygen atoms in total. The SMILES string of the molecule is CN1CCC2CCC(OC(=O)CCN)=CC21.COc1ccc(C)cc1OC. The number of benzene rings is 1. The maximum absolute atomic E-state index is 11.3. The fourth-order valence-electron chi connectivity index (χ4n) is 3.57. The Morgan fingerprint density at radius 1 is 1.22 bits per heavy atom. The summed E-state index contributed by atoms with van der Waals surface area (Å²) in [6, 6.07) is 6.29. The summed E-state index contributed by atoms with van der Waals surface area (Å²) < 4.78 is 15.5. The number of ether oxygens (including phenoxy) is 3. The molecular weight excluding hydrogens is 344 g/mol. The molecule has 3 rings (SSSR count). The van der Waals surface area contributed by atoms with Crippen LogP contribution in [0.3, 0.4) is 0 Å². The van der Waals surface area contributed by atoms with Gasteiger partial charge in [0.1, 0.15) is 5.76 Å². The number of hydrogen-bond acceptors (Lipinski definition) is 6. The van der Waals surface area contributed by atoms with E-state index in [0.29, 0.717) is 19.0 Å². The number of esters is 1. The highest BCUT2D eigenvalue weighted by Crippen LogP contribution is 2.34. The van der Waals surface area contributed by atoms with E-state index in [-0.39, 0.29) is 5.97 Å². The van der Waals surface area contributed by atoms with Crippen LogP contribution in [0.4, 0.5) is 0 Å². The zero-order valence-electron chi connectivity index (χ0n) is 16.9. The van der Waals surface area contributed by atoms with Gasteiger partial charge in [-0.15, -0.1) is 0 Å². The van der Waals surface area contributed by atoms with Crippen LogP contribution >= 0.6 is 0 Å². The van der Waals surface area contributed by atoms with Gasteiger partial charge in [0.2, 0.25) is 0 Å². The lowest BCUT2D eigenvalue weighted by Gasteiger charge is -2.27. The molecule has 1 aromatic carbocycles. The van der Waals surface area contributed by atoms with E-state index in [9.17, 15) is 4.79 Å². The second-order valence-electron chi connectivity index (χ2n) is 7.06. The number of aryl methyl sites for hydroxylation is 1. The zero-order chi connectivity index (χ0) is 19.8. The first-order valence-electron chi connectivity index (χ1n) is 9.48. The molecule has 0 aromatic heterocycles. The number of carbonyl (C=O) groups excluding carboxylic acids is 1. The smallest absolute Gasteiger partial charge is 0.312 e. The van der Waals surface area contributed by atoms with Crippen molar-refractivity contribution in [3.63, 3.8) is 0 Å². The normalized spacial score (nSPS) is 21.4. The van der Waals surface area contributed by atoms with Gasteiger partial charge < -0.3 is 19.9 Å². The number of nitrogens with zero attached hydrogens (tertiary/aromatic N) is 1. The number of carbonyl (C=O) groups is 1. The van der Waals surface area contributed by atoms with Crippen LogP contribution < -0.4 is 15.2 Å². The lowest BCUT2D eigenvalue weighted by atomic mass is 9.89. The monoisotopic (exact) mass is 376 g/mol. The summed E-state index contributed by atoms with van der Waals surface area (Å²) in [4.78, 5) is 13.7. The third kappa shape index (κ3) is 5.97. The van der Waals surface area contributed by atoms with E-state index in [1.165, 1.54) is 12.0 Å². The summed E-state index contributed by atoms with van der Waals surface area (Å²) in [6.07, 6.45) is 5.72. The van der Waals surface area contributed by atoms with Crippen molar-refractivity contribution in [2.24, 2.45) is 11.7 Å². The van der Waals surface area contributed by atoms with Gasteiger partial charge >= 0.3 is 5.97 Å². The summed E-state index contributed by atoms with van der Waals surface area (Å²) in [5.41, 5.74) is 6.48. The average Bonchev–Trinajstić information content (AvgIpc) is 3.03. The number of likely N-dealkylation sites (N-methyl/N-ethyl adjacent to an activating group) is 1. The molecule has 1 saturated heterocycles. The Hall–Kier alpha value is -2.05. The molecule has 1 aliphatic heterocycles. The van der Waals surface area contributed by atoms with Crippen LogP contribution in [0.15, 0.2) is 30.0 Å². The van der Waals surface area contributed by atoms with E-state index >= 15 is 0 Å². The highest BCUT2D eigenvalue weighted by molar-refractivity contribution is 5.70. The van der Waals surface area contributed by atoms with E-state index in [0.717, 1.165) is 42.6 Å². The van der Waals surface area contributed by atoms with E-state index in [1.54, 1.807) is 14.2 Å². The van der Waals surface area contributed by atoms with Gasteiger partial charge in [0.15, 0.2) is 11.5 Å². The molecule has 0 spiro atoms. The molecule has 27 heavy (non-hydrogen) atoms. The molecule has 2 unspecified atom stereocenters. The topological polar surface area (TPSA) is 74.0 Å². The number of fused-ring (bicyclic) bond motifs is 1. The van der Waals surface area contributed by atoms with E-state index in [4.69, 9.17) is 19.9 Å². The van der Waals surface area contributed by atoms with E-state index < -0.39 is 0 Å². The Morgan fingerprint density at radius 3 is 2.63 bits per heavy atom. The van der Waals surface area contributed by atoms with Crippen molar-refractivity contribution in [3.05, 3.63) is 35.6 Å². The fraction of sp³-hybridized carbons (Fsp3) is 0.571. The first kappa shape index (κ1) is 21.3. The molecule has 0 radical (unpaired) electrons. The lowest BCUT2D eigenvalue weighted by Crippen LogP contribution is -2.30. The van der Waals surface area contributed by atoms with Crippen LogP contribution in [0.5, 0.6) is 11.5 Å². The molecule has 0 bridgehead atoms. The first-order chi connectivity index (χ1) is 13.0. The van der Waals surface area contributed by atoms with Crippen molar-refractivity contribution >= 4 is 5.97 Å². The second kappa shape index (κ2) is 10.3. The Morgan fingerprint density at radius 2 is 1.96 bits per heavy atom. The first-order valence-corrected chi connectivity index (χ1v) is 9.48. The molecule has 0 saturated carbocycles. The molecule has 2 N–H and O–H groups in total. The summed E-state index contributed by atoms with van der Waals surface area (Å²) in [6.45, 7) is 3.52. The van der Waals surface area contributed by atoms with Crippen LogP contribution in [0.25, 0.3) is 0 Å². The minimum absolute atomic E-state index is 0.201. The van der Waals surface area contributed by atoms with E-state index in [2.05, 4.69) is 18.0 Å². The van der Waals surface area contributed by atoms with Crippen LogP contribution in [0, 0.1) is 12.8 Å². The van der Waals surface area contributed by atoms with Crippen molar-refractivity contribution < 1.29 is 19.0 Å². The van der Waals surface area contributed by atoms with Gasteiger partial charge in [-0.1, -0.05) is 6.07 Å². The van der Waals surface area contributed by atoms with E-state index in [1.807, 2.05) is 25.1 Å². The lowest BCUT2D eigenvalue weighted by molar-refractivity contribution is -0.139. The Balaban J connectivity index is 0.000000208. The van der Waals surface area contributed by atoms with Gasteiger partial charge in [0.05, 0.1) is 20.6 Å². The maximum Gasteiger partial charge on any atom is 0.312 e. The van der Waals surface area contributed by atoms with Crippen molar-refractivity contribution in [1.82, 2.24) is 4.90 Å². The average molecular weight is 376 g/mol. The number of rotatable bonds is 5. The standard InChI is InChI=1S/C12H20N2O2.C9H12O2/c1-14-7-5-9-2-3-10(8-11(9)14)16-12(15)4-6-13;1-7-4-5-8(10-2)9(6-7)11-3/h8-9,11H,2-7,13H2,1H3;4-6H,1-3H3. The minimum Gasteiger partial charge on any atom is -0.493 e. The molecule has 1 heterocycles. The number of methoxy groups -OCH3 is 2. The highest BCUT2D eigenvalue weighted by Gasteiger charge is 2.33. The van der Waals surface area contributed by atoms with Crippen LogP contribution in [-0.2, 0) is 9.53 Å². The van der Waals surface area contributed by atoms with Crippen LogP contribution in [-0.4, -0.2) is 51.3 Å². The maximum atomic E-state index is 11.3. The van der Waals surface area contributed by atoms with Crippen molar-refractivity contribution in [2.75, 3.05) is 34.4 Å². The molecular formula is C21H32N2O4. The largest absolute Gasteiger partial charge is 0.493 e. The Kier molecular flexibility index (Phi) is 8.13. The van der Waals surface area contributed by atoms with Gasteiger partial charge in [-0.05, 0) is 63.0 Å². The second-order valence-corrected chi connectivity index (χ2v) is 7.06. The minimum atomic E-state index is -0.201. The third-order valence-corrected chi connectivity index (χ3v) is 5.10. The van der Waals surface area contributed by atoms with Gasteiger partial charge in [-0.2, -0.15) is 0 Å². The predicted molar refractivity (Wildman–Crippen MR) is 106 cm³/mol. The summed E-state index contributed by atoms with van der Waals surface area (Å²) in [7, 11) is 5.40. The Bertz CT molecular complexity index is 660. The zero-order valence-corrected chi connectivity index (χ0v) is 16.9. The molecule has 6 heteroatoms. The fourth-order valence-corrected chi connectivity index (χ4v) is 3.57. The van der Waals surface area contributed by atoms with Crippen molar-refractivity contribution in [2.45, 2.75) is 38.6 Å². The van der Waals surface area contributed by atoms with Gasteiger partial charge in [0.25, 0.3) is 0 Å². The molecule has 2 atom stereocenters. The number of likely N-dealkylation sites (tertiary alicyclic amines) is 1. The van der Waals surface area contributed by atoms with Crippen molar-refractivity contribution in [1.29, 1.82) is 0 Å². The van der Waals surface area contributed by atoms with Gasteiger partial charge in [0, 0.05) is 19.0 Å². The van der Waals surface area contributed by atoms with Crippen LogP contribution in [0.2, 0.25) is 0 Å². The third-order valence-electron chi connectivity index (χ3n) is 5.10. The molecule has 0 amide bonds. The number of nitrogens with two attached hydrogens (primary N) is 1. The molecule has 2 aliphatic rings. The molecule has 1 aliphatic carbocycles. The number of hydrogen-bond donors (Lipinski definition) is 1. The Labute approximate surface area is 162 Å². The molecule has 1 fully saturated rings. The van der Waals surface area contributed by atoms with Crippen LogP contribution in [0.1, 0.15) is 31.2 Å². The summed E-state index contributed by atoms with van der Waals surface area (Å²) in [5, 5.41) is 0. The predicted octanol–water partition coefficient (Wildman–Crippen LogP) is 2.89. The molecule has 1 aromatic rings. The number of allylic oxidation sites excluding steroid dienone is 1. The van der Waals surface area contributed by atoms with Gasteiger partial charge in [-0.25, -0.2) is 0 Å². The van der Waals surface area contributed by atoms with Gasteiger partial charge in [-0.3, -0.25) is 9.69 Å². The van der Waals surface area contributed by atoms with Crippen molar-refractivity contribution in [3.8, 4) is 11.5 Å². The summed E-state index contributed by atoms with van der Waals surface area (Å²) >= 11 is 0. The highest BCUT2D eigenvalue weighted by atomic mass is 16.5. The molecule has 150 valence electrons. The summed E-state index contributed by atoms with van der Waals surface area (Å²) in [5.74, 6) is 2.95. The quantitative estimate of drug-likeness (QED) is 0.797.